The van der Waals surface area contributed by atoms with Crippen LogP contribution in [0.25, 0.3) is 11.1 Å². The van der Waals surface area contributed by atoms with Crippen LogP contribution in [0.4, 0.5) is 15.8 Å². The van der Waals surface area contributed by atoms with Gasteiger partial charge in [0.15, 0.2) is 11.5 Å². The fourth-order valence-electron chi connectivity index (χ4n) is 3.88. The molecule has 0 bridgehead atoms. The van der Waals surface area contributed by atoms with Crippen LogP contribution in [-0.2, 0) is 0 Å². The Morgan fingerprint density at radius 3 is 1.93 bits per heavy atom. The van der Waals surface area contributed by atoms with Gasteiger partial charge in [0, 0.05) is 16.8 Å². The Balaban J connectivity index is 1.43. The topological polar surface area (TPSA) is 124 Å². The number of rotatable bonds is 8. The van der Waals surface area contributed by atoms with Crippen molar-refractivity contribution in [1.82, 2.24) is 5.32 Å². The van der Waals surface area contributed by atoms with Crippen molar-refractivity contribution in [3.8, 4) is 28.4 Å². The summed E-state index contributed by atoms with van der Waals surface area (Å²) >= 11 is 0. The SMILES string of the molecule is COc1cc(C(=O)NC(N)=Nc2cccc(NC(=O)c3ccc(-c4ccc(F)cc4)cc3)c2)cc(OC)c1OC. The van der Waals surface area contributed by atoms with Gasteiger partial charge in [-0.05, 0) is 65.7 Å². The second kappa shape index (κ2) is 12.4. The Bertz CT molecular complexity index is 1530. The maximum atomic E-state index is 13.2. The molecule has 0 spiro atoms. The third-order valence-corrected chi connectivity index (χ3v) is 5.85. The molecule has 4 aromatic carbocycles. The predicted octanol–water partition coefficient (Wildman–Crippen LogP) is 5.15. The Hall–Kier alpha value is -5.38. The fourth-order valence-corrected chi connectivity index (χ4v) is 3.88. The first-order valence-electron chi connectivity index (χ1n) is 12.0. The molecule has 2 amide bonds. The van der Waals surface area contributed by atoms with Crippen molar-refractivity contribution in [1.29, 1.82) is 0 Å². The monoisotopic (exact) mass is 542 g/mol. The van der Waals surface area contributed by atoms with Crippen LogP contribution >= 0.6 is 0 Å². The Labute approximate surface area is 230 Å². The second-order valence-corrected chi connectivity index (χ2v) is 8.45. The third-order valence-electron chi connectivity index (χ3n) is 5.85. The third kappa shape index (κ3) is 6.54. The van der Waals surface area contributed by atoms with Crippen LogP contribution in [0.3, 0.4) is 0 Å². The number of ether oxygens (including phenoxy) is 3. The first-order chi connectivity index (χ1) is 19.3. The largest absolute Gasteiger partial charge is 0.493 e. The van der Waals surface area contributed by atoms with Crippen molar-refractivity contribution in [3.63, 3.8) is 0 Å². The second-order valence-electron chi connectivity index (χ2n) is 8.45. The van der Waals surface area contributed by atoms with E-state index in [2.05, 4.69) is 15.6 Å². The van der Waals surface area contributed by atoms with E-state index in [-0.39, 0.29) is 23.2 Å². The zero-order chi connectivity index (χ0) is 28.6. The molecule has 4 aromatic rings. The van der Waals surface area contributed by atoms with Gasteiger partial charge in [-0.25, -0.2) is 9.38 Å². The number of nitrogens with zero attached hydrogens (tertiary/aromatic N) is 1. The van der Waals surface area contributed by atoms with Crippen molar-refractivity contribution in [3.05, 3.63) is 102 Å². The number of nitrogens with one attached hydrogen (secondary N) is 2. The number of guanidine groups is 1. The minimum atomic E-state index is -0.533. The molecule has 0 aliphatic carbocycles. The zero-order valence-corrected chi connectivity index (χ0v) is 22.0. The summed E-state index contributed by atoms with van der Waals surface area (Å²) in [4.78, 5) is 29.8. The first kappa shape index (κ1) is 27.6. The number of hydrogen-bond acceptors (Lipinski definition) is 6. The van der Waals surface area contributed by atoms with Gasteiger partial charge < -0.3 is 25.3 Å². The number of amides is 2. The molecule has 10 heteroatoms. The maximum absolute atomic E-state index is 13.2. The molecule has 0 fully saturated rings. The average Bonchev–Trinajstić information content (AvgIpc) is 2.96. The molecule has 40 heavy (non-hydrogen) atoms. The molecule has 0 saturated heterocycles. The van der Waals surface area contributed by atoms with E-state index in [0.717, 1.165) is 11.1 Å². The van der Waals surface area contributed by atoms with Gasteiger partial charge in [0.25, 0.3) is 11.8 Å². The van der Waals surface area contributed by atoms with E-state index in [9.17, 15) is 14.0 Å². The lowest BCUT2D eigenvalue weighted by Gasteiger charge is -2.14. The summed E-state index contributed by atoms with van der Waals surface area (Å²) < 4.78 is 29.0. The molecule has 204 valence electrons. The summed E-state index contributed by atoms with van der Waals surface area (Å²) in [6, 6.07) is 22.8. The number of hydrogen-bond donors (Lipinski definition) is 3. The van der Waals surface area contributed by atoms with Gasteiger partial charge in [0.05, 0.1) is 27.0 Å². The van der Waals surface area contributed by atoms with Crippen molar-refractivity contribution >= 4 is 29.1 Å². The molecule has 0 heterocycles. The predicted molar refractivity (Wildman–Crippen MR) is 151 cm³/mol. The van der Waals surface area contributed by atoms with Gasteiger partial charge in [-0.15, -0.1) is 0 Å². The number of carbonyl (C=O) groups is 2. The molecule has 0 saturated carbocycles. The number of nitrogens with two attached hydrogens (primary N) is 1. The average molecular weight is 543 g/mol. The normalized spacial score (nSPS) is 10.9. The van der Waals surface area contributed by atoms with Crippen molar-refractivity contribution in [2.75, 3.05) is 26.6 Å². The van der Waals surface area contributed by atoms with Gasteiger partial charge >= 0.3 is 0 Å². The number of aliphatic imine (C=N–C) groups is 1. The number of anilines is 1. The van der Waals surface area contributed by atoms with E-state index >= 15 is 0 Å². The molecule has 9 nitrogen and oxygen atoms in total. The number of benzene rings is 4. The number of methoxy groups -OCH3 is 3. The van der Waals surface area contributed by atoms with E-state index in [1.54, 1.807) is 60.7 Å². The standard InChI is InChI=1S/C30H27FN4O5/c1-38-25-15-21(16-26(39-2)27(25)40-3)29(37)35-30(32)34-24-6-4-5-23(17-24)33-28(36)20-9-7-18(8-10-20)19-11-13-22(31)14-12-19/h4-17H,1-3H3,(H,33,36)(H3,32,34,35,37). The van der Waals surface area contributed by atoms with Gasteiger partial charge in [-0.2, -0.15) is 0 Å². The molecular formula is C30H27FN4O5. The van der Waals surface area contributed by atoms with Gasteiger partial charge in [-0.3, -0.25) is 14.9 Å². The quantitative estimate of drug-likeness (QED) is 0.209. The fraction of sp³-hybridized carbons (Fsp3) is 0.100. The summed E-state index contributed by atoms with van der Waals surface area (Å²) in [5.41, 5.74) is 9.23. The van der Waals surface area contributed by atoms with Crippen LogP contribution in [0, 0.1) is 5.82 Å². The van der Waals surface area contributed by atoms with Crippen LogP contribution < -0.4 is 30.6 Å². The Morgan fingerprint density at radius 1 is 0.750 bits per heavy atom. The lowest BCUT2D eigenvalue weighted by atomic mass is 10.0. The highest BCUT2D eigenvalue weighted by atomic mass is 19.1. The highest BCUT2D eigenvalue weighted by Gasteiger charge is 2.17. The van der Waals surface area contributed by atoms with Crippen LogP contribution in [0.5, 0.6) is 17.2 Å². The van der Waals surface area contributed by atoms with Crippen LogP contribution in [0.1, 0.15) is 20.7 Å². The summed E-state index contributed by atoms with van der Waals surface area (Å²) in [5, 5.41) is 5.34. The van der Waals surface area contributed by atoms with Gasteiger partial charge in [0.2, 0.25) is 11.7 Å². The van der Waals surface area contributed by atoms with E-state index in [0.29, 0.717) is 34.2 Å². The first-order valence-corrected chi connectivity index (χ1v) is 12.0. The van der Waals surface area contributed by atoms with Gasteiger partial charge in [-0.1, -0.05) is 30.3 Å². The molecule has 0 unspecified atom stereocenters. The van der Waals surface area contributed by atoms with E-state index in [1.807, 2.05) is 0 Å². The molecular weight excluding hydrogens is 515 g/mol. The maximum Gasteiger partial charge on any atom is 0.258 e. The lowest BCUT2D eigenvalue weighted by molar-refractivity contribution is 0.0974. The minimum absolute atomic E-state index is 0.154. The molecule has 4 N–H and O–H groups in total. The summed E-state index contributed by atoms with van der Waals surface area (Å²) in [5.74, 6) is -0.338. The van der Waals surface area contributed by atoms with Crippen LogP contribution in [0.2, 0.25) is 0 Å². The Kier molecular flexibility index (Phi) is 8.60. The summed E-state index contributed by atoms with van der Waals surface area (Å²) in [7, 11) is 4.36. The van der Waals surface area contributed by atoms with E-state index in [1.165, 1.54) is 45.6 Å². The Morgan fingerprint density at radius 2 is 1.35 bits per heavy atom. The molecule has 4 rings (SSSR count). The minimum Gasteiger partial charge on any atom is -0.493 e. The molecule has 0 aliphatic heterocycles. The van der Waals surface area contributed by atoms with E-state index < -0.39 is 5.91 Å². The highest BCUT2D eigenvalue weighted by molar-refractivity contribution is 6.07. The number of carbonyl (C=O) groups excluding carboxylic acids is 2. The number of halogens is 1. The van der Waals surface area contributed by atoms with Crippen molar-refractivity contribution in [2.45, 2.75) is 0 Å². The van der Waals surface area contributed by atoms with E-state index in [4.69, 9.17) is 19.9 Å². The zero-order valence-electron chi connectivity index (χ0n) is 22.0. The van der Waals surface area contributed by atoms with Gasteiger partial charge in [0.1, 0.15) is 5.82 Å². The van der Waals surface area contributed by atoms with Crippen LogP contribution in [0.15, 0.2) is 89.9 Å². The molecule has 0 aliphatic rings. The lowest BCUT2D eigenvalue weighted by Crippen LogP contribution is -2.36. The smallest absolute Gasteiger partial charge is 0.258 e. The summed E-state index contributed by atoms with van der Waals surface area (Å²) in [6.45, 7) is 0. The van der Waals surface area contributed by atoms with Crippen molar-refractivity contribution in [2.24, 2.45) is 10.7 Å². The summed E-state index contributed by atoms with van der Waals surface area (Å²) in [6.07, 6.45) is 0. The van der Waals surface area contributed by atoms with Crippen LogP contribution in [-0.4, -0.2) is 39.1 Å². The highest BCUT2D eigenvalue weighted by Crippen LogP contribution is 2.38. The molecule has 0 aromatic heterocycles. The molecule has 0 atom stereocenters. The van der Waals surface area contributed by atoms with Crippen molar-refractivity contribution < 1.29 is 28.2 Å². The molecule has 0 radical (unpaired) electrons.